The molecule has 0 unspecified atom stereocenters. The van der Waals surface area contributed by atoms with Crippen LogP contribution in [-0.4, -0.2) is 62.8 Å². The Morgan fingerprint density at radius 3 is 2.55 bits per heavy atom. The number of aliphatic hydroxyl groups is 4. The summed E-state index contributed by atoms with van der Waals surface area (Å²) in [5.41, 5.74) is 0.643. The Bertz CT molecular complexity index is 771. The Morgan fingerprint density at radius 1 is 1.09 bits per heavy atom. The molecule has 4 fully saturated rings. The highest BCUT2D eigenvalue weighted by Gasteiger charge is 2.66. The molecule has 6 heteroatoms. The highest BCUT2D eigenvalue weighted by Crippen LogP contribution is 2.68. The predicted octanol–water partition coefficient (Wildman–Crippen LogP) is 3.30. The first-order chi connectivity index (χ1) is 15.5. The van der Waals surface area contributed by atoms with E-state index in [-0.39, 0.29) is 34.9 Å². The van der Waals surface area contributed by atoms with Crippen molar-refractivity contribution in [1.29, 1.82) is 0 Å². The van der Waals surface area contributed by atoms with E-state index in [0.717, 1.165) is 51.4 Å². The highest BCUT2D eigenvalue weighted by molar-refractivity contribution is 5.28. The van der Waals surface area contributed by atoms with Gasteiger partial charge in [0.2, 0.25) is 0 Å². The van der Waals surface area contributed by atoms with Crippen LogP contribution >= 0.6 is 0 Å². The Balaban J connectivity index is 1.31. The predicted molar refractivity (Wildman–Crippen MR) is 124 cm³/mol. The molecule has 1 heterocycles. The molecule has 0 aromatic rings. The van der Waals surface area contributed by atoms with E-state index in [1.807, 2.05) is 6.92 Å². The van der Waals surface area contributed by atoms with Crippen LogP contribution in [0, 0.1) is 28.6 Å². The molecule has 5 aliphatic rings. The minimum Gasteiger partial charge on any atom is -0.393 e. The summed E-state index contributed by atoms with van der Waals surface area (Å²) >= 11 is 0. The molecule has 0 aromatic carbocycles. The fourth-order valence-electron chi connectivity index (χ4n) is 8.85. The minimum atomic E-state index is -0.857. The summed E-state index contributed by atoms with van der Waals surface area (Å²) in [5, 5.41) is 42.6. The van der Waals surface area contributed by atoms with E-state index in [1.54, 1.807) is 6.92 Å². The van der Waals surface area contributed by atoms with Gasteiger partial charge in [-0.15, -0.1) is 0 Å². The zero-order chi connectivity index (χ0) is 23.8. The second-order valence-electron chi connectivity index (χ2n) is 12.4. The lowest BCUT2D eigenvalue weighted by Gasteiger charge is -2.61. The number of fused-ring (bicyclic) bond motifs is 5. The Morgan fingerprint density at radius 2 is 1.85 bits per heavy atom. The van der Waals surface area contributed by atoms with Crippen LogP contribution in [0.2, 0.25) is 0 Å². The summed E-state index contributed by atoms with van der Waals surface area (Å²) in [6.45, 7) is 8.30. The first kappa shape index (κ1) is 24.2. The van der Waals surface area contributed by atoms with Gasteiger partial charge in [0.05, 0.1) is 30.0 Å². The quantitative estimate of drug-likeness (QED) is 0.479. The zero-order valence-electron chi connectivity index (χ0n) is 20.7. The van der Waals surface area contributed by atoms with Crippen LogP contribution < -0.4 is 0 Å². The molecule has 0 spiro atoms. The molecule has 3 saturated carbocycles. The second kappa shape index (κ2) is 8.28. The Labute approximate surface area is 198 Å². The first-order valence-electron chi connectivity index (χ1n) is 13.3. The topological polar surface area (TPSA) is 99.4 Å². The lowest BCUT2D eigenvalue weighted by atomic mass is 9.45. The summed E-state index contributed by atoms with van der Waals surface area (Å²) < 4.78 is 12.1. The molecule has 0 bridgehead atoms. The minimum absolute atomic E-state index is 0.0589. The molecular weight excluding hydrogens is 420 g/mol. The standard InChI is InChI=1S/C27H44O6/c1-15(28)19-9-12-27(31)21-6-5-17-13-18(33-23-14-22(29)24(30)16(2)32-23)7-10-25(17,3)20(21)8-11-26(19,27)4/h5,15-16,18-24,28-31H,6-14H2,1-4H3/t15-,16+,18-,19+,20-,21+,22-,23-,24-,25-,26+,27-/m0/s1. The van der Waals surface area contributed by atoms with Crippen LogP contribution in [-0.2, 0) is 9.47 Å². The van der Waals surface area contributed by atoms with E-state index in [0.29, 0.717) is 12.3 Å². The van der Waals surface area contributed by atoms with Gasteiger partial charge in [0.15, 0.2) is 6.29 Å². The normalized spacial score (nSPS) is 55.2. The maximum absolute atomic E-state index is 12.1. The van der Waals surface area contributed by atoms with Crippen molar-refractivity contribution in [2.45, 2.75) is 128 Å². The number of allylic oxidation sites excluding steroid dienone is 1. The van der Waals surface area contributed by atoms with Crippen molar-refractivity contribution in [2.75, 3.05) is 0 Å². The fraction of sp³-hybridized carbons (Fsp3) is 0.926. The summed E-state index contributed by atoms with van der Waals surface area (Å²) in [6, 6.07) is 0. The van der Waals surface area contributed by atoms with Crippen molar-refractivity contribution in [1.82, 2.24) is 0 Å². The van der Waals surface area contributed by atoms with Crippen LogP contribution in [0.25, 0.3) is 0 Å². The summed E-state index contributed by atoms with van der Waals surface area (Å²) in [4.78, 5) is 0. The lowest BCUT2D eigenvalue weighted by molar-refractivity contribution is -0.262. The van der Waals surface area contributed by atoms with E-state index >= 15 is 0 Å². The van der Waals surface area contributed by atoms with Crippen molar-refractivity contribution in [3.63, 3.8) is 0 Å². The van der Waals surface area contributed by atoms with Gasteiger partial charge < -0.3 is 29.9 Å². The summed E-state index contributed by atoms with van der Waals surface area (Å²) in [5.74, 6) is 0.898. The lowest BCUT2D eigenvalue weighted by Crippen LogP contribution is -2.61. The van der Waals surface area contributed by atoms with Crippen LogP contribution in [0.5, 0.6) is 0 Å². The maximum Gasteiger partial charge on any atom is 0.161 e. The Kier molecular flexibility index (Phi) is 6.07. The second-order valence-corrected chi connectivity index (χ2v) is 12.4. The summed E-state index contributed by atoms with van der Waals surface area (Å²) in [7, 11) is 0. The molecule has 33 heavy (non-hydrogen) atoms. The third-order valence-electron chi connectivity index (χ3n) is 10.9. The molecule has 12 atom stereocenters. The SMILES string of the molecule is C[C@H](O)[C@H]1CC[C@]2(O)[C@@H]3CC=C4C[C@@H](O[C@H]5C[C@H](O)[C@@H](O)[C@@H](C)O5)CC[C@]4(C)[C@H]3CC[C@]12C. The average Bonchev–Trinajstić information content (AvgIpc) is 3.04. The molecule has 4 N–H and O–H groups in total. The van der Waals surface area contributed by atoms with Crippen molar-refractivity contribution in [3.05, 3.63) is 11.6 Å². The molecule has 1 saturated heterocycles. The number of ether oxygens (including phenoxy) is 2. The van der Waals surface area contributed by atoms with Gasteiger partial charge in [-0.05, 0) is 88.4 Å². The molecule has 0 radical (unpaired) electrons. The summed E-state index contributed by atoms with van der Waals surface area (Å²) in [6.07, 6.45) is 7.37. The van der Waals surface area contributed by atoms with Gasteiger partial charge in [0, 0.05) is 11.8 Å². The molecule has 0 aromatic heterocycles. The Hall–Kier alpha value is -0.500. The monoisotopic (exact) mass is 464 g/mol. The maximum atomic E-state index is 12.1. The van der Waals surface area contributed by atoms with Gasteiger partial charge in [0.1, 0.15) is 6.10 Å². The van der Waals surface area contributed by atoms with Crippen LogP contribution in [0.4, 0.5) is 0 Å². The number of hydrogen-bond acceptors (Lipinski definition) is 6. The molecule has 6 nitrogen and oxygen atoms in total. The number of aliphatic hydroxyl groups excluding tert-OH is 3. The van der Waals surface area contributed by atoms with E-state index in [4.69, 9.17) is 9.47 Å². The van der Waals surface area contributed by atoms with E-state index in [2.05, 4.69) is 19.9 Å². The van der Waals surface area contributed by atoms with Crippen LogP contribution in [0.3, 0.4) is 0 Å². The van der Waals surface area contributed by atoms with E-state index in [1.165, 1.54) is 5.57 Å². The zero-order valence-corrected chi connectivity index (χ0v) is 20.7. The van der Waals surface area contributed by atoms with Gasteiger partial charge in [-0.2, -0.15) is 0 Å². The smallest absolute Gasteiger partial charge is 0.161 e. The van der Waals surface area contributed by atoms with Gasteiger partial charge >= 0.3 is 0 Å². The van der Waals surface area contributed by atoms with Gasteiger partial charge in [-0.25, -0.2) is 0 Å². The average molecular weight is 465 g/mol. The van der Waals surface area contributed by atoms with Gasteiger partial charge in [-0.3, -0.25) is 0 Å². The molecule has 5 rings (SSSR count). The molecule has 1 aliphatic heterocycles. The third-order valence-corrected chi connectivity index (χ3v) is 10.9. The fourth-order valence-corrected chi connectivity index (χ4v) is 8.85. The molecular formula is C27H44O6. The van der Waals surface area contributed by atoms with Crippen molar-refractivity contribution in [2.24, 2.45) is 28.6 Å². The number of rotatable bonds is 3. The van der Waals surface area contributed by atoms with E-state index < -0.39 is 30.2 Å². The van der Waals surface area contributed by atoms with Gasteiger partial charge in [-0.1, -0.05) is 25.5 Å². The largest absolute Gasteiger partial charge is 0.393 e. The van der Waals surface area contributed by atoms with Crippen LogP contribution in [0.15, 0.2) is 11.6 Å². The number of hydrogen-bond donors (Lipinski definition) is 4. The van der Waals surface area contributed by atoms with Crippen molar-refractivity contribution in [3.8, 4) is 0 Å². The molecule has 188 valence electrons. The first-order valence-corrected chi connectivity index (χ1v) is 13.3. The highest BCUT2D eigenvalue weighted by atomic mass is 16.7. The van der Waals surface area contributed by atoms with Gasteiger partial charge in [0.25, 0.3) is 0 Å². The third kappa shape index (κ3) is 3.58. The molecule has 4 aliphatic carbocycles. The van der Waals surface area contributed by atoms with Crippen LogP contribution in [0.1, 0.15) is 85.5 Å². The van der Waals surface area contributed by atoms with Crippen molar-refractivity contribution < 1.29 is 29.9 Å². The van der Waals surface area contributed by atoms with E-state index in [9.17, 15) is 20.4 Å². The molecule has 0 amide bonds. The van der Waals surface area contributed by atoms with Crippen molar-refractivity contribution >= 4 is 0 Å².